The minimum absolute atomic E-state index is 0.488. The number of rotatable bonds is 8. The van der Waals surface area contributed by atoms with Crippen LogP contribution in [-0.2, 0) is 6.54 Å². The molecule has 0 radical (unpaired) electrons. The molecule has 0 aromatic carbocycles. The molecule has 0 aliphatic heterocycles. The zero-order valence-electron chi connectivity index (χ0n) is 14.2. The van der Waals surface area contributed by atoms with E-state index in [1.807, 2.05) is 11.3 Å². The molecule has 20 heavy (non-hydrogen) atoms. The predicted octanol–water partition coefficient (Wildman–Crippen LogP) is 4.25. The van der Waals surface area contributed by atoms with Gasteiger partial charge in [0.05, 0.1) is 5.69 Å². The van der Waals surface area contributed by atoms with Gasteiger partial charge < -0.3 is 10.2 Å². The van der Waals surface area contributed by atoms with Crippen molar-refractivity contribution in [3.63, 3.8) is 0 Å². The van der Waals surface area contributed by atoms with Gasteiger partial charge in [0, 0.05) is 24.5 Å². The first kappa shape index (κ1) is 17.4. The molecule has 116 valence electrons. The highest BCUT2D eigenvalue weighted by molar-refractivity contribution is 7.15. The molecule has 0 aliphatic rings. The highest BCUT2D eigenvalue weighted by Gasteiger charge is 2.19. The molecule has 1 N–H and O–H groups in total. The minimum atomic E-state index is 0.488. The number of hydrogen-bond donors (Lipinski definition) is 1. The molecular formula is C16H31N3S. The quantitative estimate of drug-likeness (QED) is 0.777. The fraction of sp³-hybridized carbons (Fsp3) is 0.812. The molecule has 0 amide bonds. The highest BCUT2D eigenvalue weighted by Crippen LogP contribution is 2.31. The summed E-state index contributed by atoms with van der Waals surface area (Å²) in [6.45, 7) is 15.4. The van der Waals surface area contributed by atoms with E-state index in [0.717, 1.165) is 24.1 Å². The Morgan fingerprint density at radius 1 is 1.20 bits per heavy atom. The molecule has 0 spiro atoms. The van der Waals surface area contributed by atoms with E-state index in [-0.39, 0.29) is 0 Å². The Morgan fingerprint density at radius 3 is 2.35 bits per heavy atom. The Labute approximate surface area is 128 Å². The van der Waals surface area contributed by atoms with E-state index in [0.29, 0.717) is 12.0 Å². The van der Waals surface area contributed by atoms with E-state index in [2.05, 4.69) is 58.8 Å². The Hall–Kier alpha value is -0.610. The van der Waals surface area contributed by atoms with Crippen LogP contribution in [0.1, 0.15) is 64.5 Å². The summed E-state index contributed by atoms with van der Waals surface area (Å²) in [5.74, 6) is 1.21. The van der Waals surface area contributed by atoms with Gasteiger partial charge in [-0.1, -0.05) is 34.6 Å². The Morgan fingerprint density at radius 2 is 1.85 bits per heavy atom. The van der Waals surface area contributed by atoms with Crippen LogP contribution in [0.2, 0.25) is 0 Å². The number of nitrogens with zero attached hydrogens (tertiary/aromatic N) is 2. The maximum atomic E-state index is 4.90. The van der Waals surface area contributed by atoms with Gasteiger partial charge in [-0.05, 0) is 31.7 Å². The Bertz CT molecular complexity index is 398. The molecule has 0 fully saturated rings. The summed E-state index contributed by atoms with van der Waals surface area (Å²) in [5.41, 5.74) is 1.26. The van der Waals surface area contributed by atoms with E-state index in [4.69, 9.17) is 4.98 Å². The average molecular weight is 298 g/mol. The monoisotopic (exact) mass is 297 g/mol. The first-order valence-electron chi connectivity index (χ1n) is 7.79. The van der Waals surface area contributed by atoms with Gasteiger partial charge in [0.1, 0.15) is 0 Å². The molecule has 4 heteroatoms. The van der Waals surface area contributed by atoms with Crippen LogP contribution in [0.5, 0.6) is 0 Å². The molecule has 1 heterocycles. The van der Waals surface area contributed by atoms with Gasteiger partial charge >= 0.3 is 0 Å². The first-order chi connectivity index (χ1) is 9.36. The van der Waals surface area contributed by atoms with Crippen molar-refractivity contribution in [1.29, 1.82) is 0 Å². The summed E-state index contributed by atoms with van der Waals surface area (Å²) in [4.78, 5) is 8.62. The fourth-order valence-corrected chi connectivity index (χ4v) is 3.60. The second-order valence-electron chi connectivity index (χ2n) is 6.33. The summed E-state index contributed by atoms with van der Waals surface area (Å²) < 4.78 is 0. The zero-order chi connectivity index (χ0) is 15.3. The molecule has 0 saturated heterocycles. The standard InChI is InChI=1S/C16H31N3S/c1-8-17-10-14-15(12(4)5)18-16(20-14)19(7)13(6)9-11(2)3/h11-13,17H,8-10H2,1-7H3. The van der Waals surface area contributed by atoms with Crippen molar-refractivity contribution in [2.75, 3.05) is 18.5 Å². The molecule has 0 bridgehead atoms. The van der Waals surface area contributed by atoms with Crippen LogP contribution in [0.3, 0.4) is 0 Å². The van der Waals surface area contributed by atoms with Crippen LogP contribution in [-0.4, -0.2) is 24.6 Å². The van der Waals surface area contributed by atoms with Crippen LogP contribution in [0.15, 0.2) is 0 Å². The molecule has 1 aromatic rings. The van der Waals surface area contributed by atoms with Crippen LogP contribution in [0.4, 0.5) is 5.13 Å². The summed E-state index contributed by atoms with van der Waals surface area (Å²) in [5, 5.41) is 4.59. The number of hydrogen-bond acceptors (Lipinski definition) is 4. The minimum Gasteiger partial charge on any atom is -0.348 e. The number of thiazole rings is 1. The third-order valence-corrected chi connectivity index (χ3v) is 4.74. The van der Waals surface area contributed by atoms with Crippen molar-refractivity contribution in [2.24, 2.45) is 5.92 Å². The lowest BCUT2D eigenvalue weighted by Crippen LogP contribution is -2.29. The summed E-state index contributed by atoms with van der Waals surface area (Å²) in [6, 6.07) is 0.535. The number of nitrogens with one attached hydrogen (secondary N) is 1. The number of aromatic nitrogens is 1. The maximum Gasteiger partial charge on any atom is 0.185 e. The summed E-state index contributed by atoms with van der Waals surface area (Å²) in [7, 11) is 2.17. The lowest BCUT2D eigenvalue weighted by atomic mass is 10.0. The Balaban J connectivity index is 2.89. The normalized spacial score (nSPS) is 13.2. The fourth-order valence-electron chi connectivity index (χ4n) is 2.35. The van der Waals surface area contributed by atoms with Crippen molar-refractivity contribution < 1.29 is 0 Å². The molecule has 0 aliphatic carbocycles. The third kappa shape index (κ3) is 4.74. The maximum absolute atomic E-state index is 4.90. The molecule has 1 unspecified atom stereocenters. The molecule has 1 aromatic heterocycles. The van der Waals surface area contributed by atoms with Gasteiger partial charge in [0.15, 0.2) is 5.13 Å². The van der Waals surface area contributed by atoms with Crippen molar-refractivity contribution in [3.8, 4) is 0 Å². The third-order valence-electron chi connectivity index (χ3n) is 3.57. The second-order valence-corrected chi connectivity index (χ2v) is 7.39. The smallest absolute Gasteiger partial charge is 0.185 e. The summed E-state index contributed by atoms with van der Waals surface area (Å²) >= 11 is 1.84. The van der Waals surface area contributed by atoms with Gasteiger partial charge in [-0.25, -0.2) is 4.98 Å². The van der Waals surface area contributed by atoms with Gasteiger partial charge in [-0.2, -0.15) is 0 Å². The van der Waals surface area contributed by atoms with Crippen molar-refractivity contribution in [2.45, 2.75) is 66.5 Å². The van der Waals surface area contributed by atoms with E-state index >= 15 is 0 Å². The predicted molar refractivity (Wildman–Crippen MR) is 90.9 cm³/mol. The van der Waals surface area contributed by atoms with E-state index in [1.54, 1.807) is 0 Å². The van der Waals surface area contributed by atoms with Crippen LogP contribution >= 0.6 is 11.3 Å². The van der Waals surface area contributed by atoms with Crippen LogP contribution in [0, 0.1) is 5.92 Å². The Kier molecular flexibility index (Phi) is 6.96. The SMILES string of the molecule is CCNCc1sc(N(C)C(C)CC(C)C)nc1C(C)C. The zero-order valence-corrected chi connectivity index (χ0v) is 15.0. The molecule has 0 saturated carbocycles. The van der Waals surface area contributed by atoms with E-state index < -0.39 is 0 Å². The highest BCUT2D eigenvalue weighted by atomic mass is 32.1. The topological polar surface area (TPSA) is 28.2 Å². The first-order valence-corrected chi connectivity index (χ1v) is 8.61. The number of anilines is 1. The molecule has 1 rings (SSSR count). The average Bonchev–Trinajstić information content (AvgIpc) is 2.78. The molecule has 3 nitrogen and oxygen atoms in total. The lowest BCUT2D eigenvalue weighted by molar-refractivity contribution is 0.503. The molecule has 1 atom stereocenters. The van der Waals surface area contributed by atoms with Gasteiger partial charge in [0.25, 0.3) is 0 Å². The van der Waals surface area contributed by atoms with Crippen molar-refractivity contribution in [1.82, 2.24) is 10.3 Å². The second kappa shape index (κ2) is 7.99. The van der Waals surface area contributed by atoms with Gasteiger partial charge in [0.2, 0.25) is 0 Å². The van der Waals surface area contributed by atoms with Crippen molar-refractivity contribution >= 4 is 16.5 Å². The summed E-state index contributed by atoms with van der Waals surface area (Å²) in [6.07, 6.45) is 1.20. The van der Waals surface area contributed by atoms with Crippen LogP contribution in [0.25, 0.3) is 0 Å². The van der Waals surface area contributed by atoms with E-state index in [1.165, 1.54) is 17.0 Å². The van der Waals surface area contributed by atoms with Gasteiger partial charge in [-0.15, -0.1) is 11.3 Å². The van der Waals surface area contributed by atoms with Gasteiger partial charge in [-0.3, -0.25) is 0 Å². The van der Waals surface area contributed by atoms with E-state index in [9.17, 15) is 0 Å². The largest absolute Gasteiger partial charge is 0.348 e. The lowest BCUT2D eigenvalue weighted by Gasteiger charge is -2.25. The van der Waals surface area contributed by atoms with Crippen LogP contribution < -0.4 is 10.2 Å². The molecular weight excluding hydrogens is 266 g/mol. The van der Waals surface area contributed by atoms with Crippen molar-refractivity contribution in [3.05, 3.63) is 10.6 Å².